The number of rotatable bonds is 1. The van der Waals surface area contributed by atoms with Gasteiger partial charge in [0, 0.05) is 0 Å². The average molecular weight is 176 g/mol. The summed E-state index contributed by atoms with van der Waals surface area (Å²) < 4.78 is 12.7. The van der Waals surface area contributed by atoms with Gasteiger partial charge in [-0.05, 0) is 47.8 Å². The molecule has 0 aliphatic heterocycles. The van der Waals surface area contributed by atoms with Crippen molar-refractivity contribution >= 4 is 0 Å². The molecule has 0 atom stereocenters. The lowest BCUT2D eigenvalue weighted by Crippen LogP contribution is -2.62. The highest BCUT2D eigenvalue weighted by Crippen LogP contribution is 2.73. The fourth-order valence-electron chi connectivity index (χ4n) is 3.41. The topological polar surface area (TPSA) is 0 Å². The Balaban J connectivity index is 1.91. The van der Waals surface area contributed by atoms with Crippen molar-refractivity contribution < 1.29 is 4.39 Å². The van der Waals surface area contributed by atoms with Crippen LogP contribution in [-0.2, 0) is 5.41 Å². The van der Waals surface area contributed by atoms with Gasteiger partial charge < -0.3 is 0 Å². The average Bonchev–Trinajstić information content (AvgIpc) is 1.99. The van der Waals surface area contributed by atoms with Crippen LogP contribution in [0.5, 0.6) is 0 Å². The SMILES string of the molecule is CC12CC(c3ccc(F)cc3)(C1)C2. The van der Waals surface area contributed by atoms with Crippen molar-refractivity contribution in [2.45, 2.75) is 31.6 Å². The molecule has 0 spiro atoms. The molecular formula is C12H13F. The first-order chi connectivity index (χ1) is 6.12. The molecule has 13 heavy (non-hydrogen) atoms. The molecule has 0 radical (unpaired) electrons. The Bertz CT molecular complexity index is 330. The van der Waals surface area contributed by atoms with Crippen LogP contribution in [0.25, 0.3) is 0 Å². The molecule has 68 valence electrons. The summed E-state index contributed by atoms with van der Waals surface area (Å²) in [4.78, 5) is 0. The Hall–Kier alpha value is -0.850. The maximum Gasteiger partial charge on any atom is 0.123 e. The fraction of sp³-hybridized carbons (Fsp3) is 0.500. The molecule has 1 heteroatoms. The summed E-state index contributed by atoms with van der Waals surface area (Å²) in [7, 11) is 0. The highest BCUT2D eigenvalue weighted by atomic mass is 19.1. The standard InChI is InChI=1S/C12H13F/c1-11-6-12(7-11,8-11)9-2-4-10(13)5-3-9/h2-5H,6-8H2,1H3. The Labute approximate surface area is 77.8 Å². The minimum absolute atomic E-state index is 0.124. The van der Waals surface area contributed by atoms with E-state index in [-0.39, 0.29) is 5.82 Å². The van der Waals surface area contributed by atoms with Crippen LogP contribution in [0.2, 0.25) is 0 Å². The van der Waals surface area contributed by atoms with Crippen LogP contribution >= 0.6 is 0 Å². The molecule has 1 aromatic carbocycles. The third-order valence-electron chi connectivity index (χ3n) is 3.75. The Morgan fingerprint density at radius 2 is 1.62 bits per heavy atom. The quantitative estimate of drug-likeness (QED) is 0.616. The van der Waals surface area contributed by atoms with E-state index in [0.29, 0.717) is 10.8 Å². The predicted octanol–water partition coefficient (Wildman–Crippen LogP) is 3.27. The van der Waals surface area contributed by atoms with Crippen LogP contribution in [0, 0.1) is 11.2 Å². The van der Waals surface area contributed by atoms with Gasteiger partial charge in [0.2, 0.25) is 0 Å². The molecule has 3 saturated carbocycles. The third kappa shape index (κ3) is 0.849. The predicted molar refractivity (Wildman–Crippen MR) is 50.0 cm³/mol. The molecule has 0 amide bonds. The van der Waals surface area contributed by atoms with Gasteiger partial charge >= 0.3 is 0 Å². The Morgan fingerprint density at radius 3 is 2.08 bits per heavy atom. The Morgan fingerprint density at radius 1 is 1.08 bits per heavy atom. The smallest absolute Gasteiger partial charge is 0.123 e. The maximum absolute atomic E-state index is 12.7. The normalized spacial score (nSPS) is 40.8. The lowest BCUT2D eigenvalue weighted by atomic mass is 9.34. The molecule has 0 N–H and O–H groups in total. The summed E-state index contributed by atoms with van der Waals surface area (Å²) in [6.45, 7) is 2.35. The lowest BCUT2D eigenvalue weighted by Gasteiger charge is -2.70. The molecule has 3 aliphatic rings. The molecule has 3 aliphatic carbocycles. The van der Waals surface area contributed by atoms with E-state index in [9.17, 15) is 4.39 Å². The van der Waals surface area contributed by atoms with Crippen LogP contribution in [-0.4, -0.2) is 0 Å². The van der Waals surface area contributed by atoms with Crippen molar-refractivity contribution in [2.24, 2.45) is 5.41 Å². The summed E-state index contributed by atoms with van der Waals surface area (Å²) in [5, 5.41) is 0. The van der Waals surface area contributed by atoms with Gasteiger partial charge in [-0.1, -0.05) is 19.1 Å². The number of halogens is 1. The summed E-state index contributed by atoms with van der Waals surface area (Å²) in [6.07, 6.45) is 3.93. The molecule has 0 unspecified atom stereocenters. The largest absolute Gasteiger partial charge is 0.207 e. The summed E-state index contributed by atoms with van der Waals surface area (Å²) >= 11 is 0. The van der Waals surface area contributed by atoms with Crippen LogP contribution < -0.4 is 0 Å². The molecule has 0 aromatic heterocycles. The van der Waals surface area contributed by atoms with E-state index in [4.69, 9.17) is 0 Å². The van der Waals surface area contributed by atoms with Crippen molar-refractivity contribution in [3.63, 3.8) is 0 Å². The highest BCUT2D eigenvalue weighted by Gasteiger charge is 2.65. The zero-order chi connectivity index (χ0) is 9.10. The molecule has 1 aromatic rings. The van der Waals surface area contributed by atoms with Gasteiger partial charge in [-0.3, -0.25) is 0 Å². The van der Waals surface area contributed by atoms with Gasteiger partial charge in [-0.25, -0.2) is 4.39 Å². The second-order valence-corrected chi connectivity index (χ2v) is 5.13. The number of hydrogen-bond acceptors (Lipinski definition) is 0. The molecule has 4 rings (SSSR count). The summed E-state index contributed by atoms with van der Waals surface area (Å²) in [5.74, 6) is -0.124. The van der Waals surface area contributed by atoms with E-state index >= 15 is 0 Å². The van der Waals surface area contributed by atoms with E-state index in [1.54, 1.807) is 12.1 Å². The van der Waals surface area contributed by atoms with Crippen LogP contribution in [0.3, 0.4) is 0 Å². The number of hydrogen-bond donors (Lipinski definition) is 0. The van der Waals surface area contributed by atoms with Crippen molar-refractivity contribution in [1.82, 2.24) is 0 Å². The van der Waals surface area contributed by atoms with Crippen molar-refractivity contribution in [3.8, 4) is 0 Å². The second-order valence-electron chi connectivity index (χ2n) is 5.13. The molecule has 0 heterocycles. The zero-order valence-electron chi connectivity index (χ0n) is 7.81. The van der Waals surface area contributed by atoms with Gasteiger partial charge in [-0.15, -0.1) is 0 Å². The summed E-state index contributed by atoms with van der Waals surface area (Å²) in [6, 6.07) is 7.07. The first kappa shape index (κ1) is 7.54. The molecule has 0 saturated heterocycles. The fourth-order valence-corrected chi connectivity index (χ4v) is 3.41. The molecule has 2 bridgehead atoms. The second kappa shape index (κ2) is 1.97. The van der Waals surface area contributed by atoms with Crippen molar-refractivity contribution in [2.75, 3.05) is 0 Å². The van der Waals surface area contributed by atoms with Gasteiger partial charge in [0.1, 0.15) is 5.82 Å². The minimum Gasteiger partial charge on any atom is -0.207 e. The van der Waals surface area contributed by atoms with E-state index in [0.717, 1.165) is 0 Å². The van der Waals surface area contributed by atoms with E-state index in [2.05, 4.69) is 6.92 Å². The van der Waals surface area contributed by atoms with E-state index in [1.807, 2.05) is 12.1 Å². The van der Waals surface area contributed by atoms with Gasteiger partial charge in [0.15, 0.2) is 0 Å². The third-order valence-corrected chi connectivity index (χ3v) is 3.75. The van der Waals surface area contributed by atoms with Gasteiger partial charge in [0.25, 0.3) is 0 Å². The van der Waals surface area contributed by atoms with Gasteiger partial charge in [-0.2, -0.15) is 0 Å². The minimum atomic E-state index is -0.124. The molecule has 3 fully saturated rings. The van der Waals surface area contributed by atoms with Crippen LogP contribution in [0.15, 0.2) is 24.3 Å². The molecule has 0 nitrogen and oxygen atoms in total. The molecular weight excluding hydrogens is 163 g/mol. The summed E-state index contributed by atoms with van der Waals surface area (Å²) in [5.41, 5.74) is 2.43. The monoisotopic (exact) mass is 176 g/mol. The van der Waals surface area contributed by atoms with Crippen LogP contribution in [0.1, 0.15) is 31.7 Å². The highest BCUT2D eigenvalue weighted by molar-refractivity contribution is 5.37. The number of benzene rings is 1. The van der Waals surface area contributed by atoms with Gasteiger partial charge in [0.05, 0.1) is 0 Å². The Kier molecular flexibility index (Phi) is 1.14. The van der Waals surface area contributed by atoms with Crippen LogP contribution in [0.4, 0.5) is 4.39 Å². The lowest BCUT2D eigenvalue weighted by molar-refractivity contribution is -0.125. The van der Waals surface area contributed by atoms with E-state index < -0.39 is 0 Å². The van der Waals surface area contributed by atoms with Crippen molar-refractivity contribution in [3.05, 3.63) is 35.6 Å². The first-order valence-electron chi connectivity index (χ1n) is 4.88. The first-order valence-corrected chi connectivity index (χ1v) is 4.88. The van der Waals surface area contributed by atoms with E-state index in [1.165, 1.54) is 24.8 Å². The van der Waals surface area contributed by atoms with Crippen molar-refractivity contribution in [1.29, 1.82) is 0 Å². The maximum atomic E-state index is 12.7. The zero-order valence-corrected chi connectivity index (χ0v) is 7.81.